The summed E-state index contributed by atoms with van der Waals surface area (Å²) in [6.45, 7) is 3.81. The normalized spacial score (nSPS) is 14.7. The van der Waals surface area contributed by atoms with E-state index in [0.717, 1.165) is 58.7 Å². The maximum Gasteiger partial charge on any atom is 0.165 e. The molecule has 3 aromatic rings. The number of fused-ring (bicyclic) bond motifs is 1. The number of anilines is 1. The molecule has 0 amide bonds. The Bertz CT molecular complexity index is 909. The summed E-state index contributed by atoms with van der Waals surface area (Å²) in [5, 5.41) is 4.48. The summed E-state index contributed by atoms with van der Waals surface area (Å²) in [5.41, 5.74) is 1.84. The van der Waals surface area contributed by atoms with Gasteiger partial charge in [0, 0.05) is 36.0 Å². The maximum absolute atomic E-state index is 5.53. The van der Waals surface area contributed by atoms with Crippen LogP contribution in [0, 0.1) is 0 Å². The average Bonchev–Trinajstić information content (AvgIpc) is 2.67. The van der Waals surface area contributed by atoms with Crippen molar-refractivity contribution in [1.82, 2.24) is 15.3 Å². The van der Waals surface area contributed by atoms with Crippen molar-refractivity contribution in [3.8, 4) is 17.1 Å². The molecular formula is C19H19BrN4O. The van der Waals surface area contributed by atoms with Gasteiger partial charge in [-0.05, 0) is 30.3 Å². The highest BCUT2D eigenvalue weighted by molar-refractivity contribution is 9.10. The minimum atomic E-state index is 0.686. The van der Waals surface area contributed by atoms with Crippen molar-refractivity contribution in [1.29, 1.82) is 0 Å². The predicted molar refractivity (Wildman–Crippen MR) is 104 cm³/mol. The zero-order chi connectivity index (χ0) is 17.2. The molecule has 2 heterocycles. The van der Waals surface area contributed by atoms with Gasteiger partial charge in [0.2, 0.25) is 0 Å². The number of nitrogens with one attached hydrogen (secondary N) is 1. The van der Waals surface area contributed by atoms with Gasteiger partial charge < -0.3 is 15.0 Å². The number of nitrogens with zero attached hydrogens (tertiary/aromatic N) is 3. The lowest BCUT2D eigenvalue weighted by Gasteiger charge is -2.29. The largest absolute Gasteiger partial charge is 0.496 e. The van der Waals surface area contributed by atoms with Crippen LogP contribution in [0.2, 0.25) is 0 Å². The Labute approximate surface area is 155 Å². The average molecular weight is 399 g/mol. The van der Waals surface area contributed by atoms with E-state index in [4.69, 9.17) is 14.7 Å². The molecule has 25 heavy (non-hydrogen) atoms. The van der Waals surface area contributed by atoms with E-state index >= 15 is 0 Å². The minimum Gasteiger partial charge on any atom is -0.496 e. The van der Waals surface area contributed by atoms with Crippen molar-refractivity contribution < 1.29 is 4.74 Å². The molecule has 1 N–H and O–H groups in total. The number of halogens is 1. The standard InChI is InChI=1S/C19H19BrN4O/c1-25-17-7-6-13(20)12-15(17)18-22-16-5-3-2-4-14(16)19(23-18)24-10-8-21-9-11-24/h2-7,12,21H,8-11H2,1H3. The van der Waals surface area contributed by atoms with Gasteiger partial charge in [-0.25, -0.2) is 9.97 Å². The molecular weight excluding hydrogens is 380 g/mol. The van der Waals surface area contributed by atoms with Gasteiger partial charge in [-0.2, -0.15) is 0 Å². The number of para-hydroxylation sites is 1. The van der Waals surface area contributed by atoms with E-state index in [9.17, 15) is 0 Å². The van der Waals surface area contributed by atoms with Crippen LogP contribution in [0.3, 0.4) is 0 Å². The topological polar surface area (TPSA) is 50.3 Å². The summed E-state index contributed by atoms with van der Waals surface area (Å²) in [6, 6.07) is 14.1. The first-order valence-corrected chi connectivity index (χ1v) is 9.12. The van der Waals surface area contributed by atoms with Crippen molar-refractivity contribution >= 4 is 32.7 Å². The van der Waals surface area contributed by atoms with E-state index in [1.807, 2.05) is 36.4 Å². The number of benzene rings is 2. The molecule has 2 aromatic carbocycles. The predicted octanol–water partition coefficient (Wildman–Crippen LogP) is 3.48. The molecule has 0 unspecified atom stereocenters. The van der Waals surface area contributed by atoms with E-state index < -0.39 is 0 Å². The molecule has 0 bridgehead atoms. The van der Waals surface area contributed by atoms with Crippen LogP contribution in [0.1, 0.15) is 0 Å². The monoisotopic (exact) mass is 398 g/mol. The van der Waals surface area contributed by atoms with Gasteiger partial charge >= 0.3 is 0 Å². The zero-order valence-electron chi connectivity index (χ0n) is 14.0. The molecule has 0 saturated carbocycles. The van der Waals surface area contributed by atoms with E-state index in [1.165, 1.54) is 0 Å². The number of aromatic nitrogens is 2. The summed E-state index contributed by atoms with van der Waals surface area (Å²) in [4.78, 5) is 12.1. The maximum atomic E-state index is 5.53. The molecule has 0 atom stereocenters. The molecule has 6 heteroatoms. The highest BCUT2D eigenvalue weighted by Gasteiger charge is 2.18. The Morgan fingerprint density at radius 1 is 1.08 bits per heavy atom. The molecule has 0 radical (unpaired) electrons. The van der Waals surface area contributed by atoms with Gasteiger partial charge in [0.15, 0.2) is 5.82 Å². The second kappa shape index (κ2) is 6.98. The molecule has 128 valence electrons. The molecule has 1 aromatic heterocycles. The van der Waals surface area contributed by atoms with E-state index in [-0.39, 0.29) is 0 Å². The Kier molecular flexibility index (Phi) is 4.55. The number of hydrogen-bond acceptors (Lipinski definition) is 5. The third-order valence-electron chi connectivity index (χ3n) is 4.40. The van der Waals surface area contributed by atoms with Gasteiger partial charge in [0.05, 0.1) is 18.2 Å². The van der Waals surface area contributed by atoms with E-state index in [0.29, 0.717) is 5.82 Å². The third-order valence-corrected chi connectivity index (χ3v) is 4.90. The Hall–Kier alpha value is -2.18. The van der Waals surface area contributed by atoms with Crippen LogP contribution < -0.4 is 15.0 Å². The number of rotatable bonds is 3. The van der Waals surface area contributed by atoms with Crippen molar-refractivity contribution in [3.05, 3.63) is 46.9 Å². The first-order chi connectivity index (χ1) is 12.3. The number of hydrogen-bond donors (Lipinski definition) is 1. The number of ether oxygens (including phenoxy) is 1. The van der Waals surface area contributed by atoms with Crippen molar-refractivity contribution in [2.75, 3.05) is 38.2 Å². The molecule has 1 fully saturated rings. The lowest BCUT2D eigenvalue weighted by atomic mass is 10.1. The van der Waals surface area contributed by atoms with Crippen LogP contribution in [0.15, 0.2) is 46.9 Å². The van der Waals surface area contributed by atoms with Gasteiger partial charge in [0.25, 0.3) is 0 Å². The van der Waals surface area contributed by atoms with Gasteiger partial charge in [-0.3, -0.25) is 0 Å². The number of piperazine rings is 1. The molecule has 1 aliphatic heterocycles. The quantitative estimate of drug-likeness (QED) is 0.731. The summed E-state index contributed by atoms with van der Waals surface area (Å²) >= 11 is 3.54. The second-order valence-corrected chi connectivity index (χ2v) is 6.89. The van der Waals surface area contributed by atoms with Gasteiger partial charge in [0.1, 0.15) is 11.6 Å². The summed E-state index contributed by atoms with van der Waals surface area (Å²) in [6.07, 6.45) is 0. The first-order valence-electron chi connectivity index (χ1n) is 8.32. The third kappa shape index (κ3) is 3.19. The molecule has 0 spiro atoms. The summed E-state index contributed by atoms with van der Waals surface area (Å²) in [5.74, 6) is 2.44. The minimum absolute atomic E-state index is 0.686. The van der Waals surface area contributed by atoms with Crippen LogP contribution in [-0.2, 0) is 0 Å². The summed E-state index contributed by atoms with van der Waals surface area (Å²) < 4.78 is 6.50. The van der Waals surface area contributed by atoms with Crippen LogP contribution in [0.4, 0.5) is 5.82 Å². The zero-order valence-corrected chi connectivity index (χ0v) is 15.6. The molecule has 1 aliphatic rings. The van der Waals surface area contributed by atoms with E-state index in [1.54, 1.807) is 7.11 Å². The van der Waals surface area contributed by atoms with Crippen molar-refractivity contribution in [2.24, 2.45) is 0 Å². The van der Waals surface area contributed by atoms with Crippen LogP contribution in [-0.4, -0.2) is 43.3 Å². The van der Waals surface area contributed by atoms with Crippen LogP contribution in [0.5, 0.6) is 5.75 Å². The lowest BCUT2D eigenvalue weighted by Crippen LogP contribution is -2.44. The van der Waals surface area contributed by atoms with E-state index in [2.05, 4.69) is 32.2 Å². The van der Waals surface area contributed by atoms with Crippen LogP contribution >= 0.6 is 15.9 Å². The van der Waals surface area contributed by atoms with Crippen LogP contribution in [0.25, 0.3) is 22.3 Å². The fraction of sp³-hybridized carbons (Fsp3) is 0.263. The highest BCUT2D eigenvalue weighted by Crippen LogP contribution is 2.34. The van der Waals surface area contributed by atoms with Gasteiger partial charge in [-0.1, -0.05) is 28.1 Å². The first kappa shape index (κ1) is 16.3. The number of methoxy groups -OCH3 is 1. The Morgan fingerprint density at radius 3 is 2.68 bits per heavy atom. The highest BCUT2D eigenvalue weighted by atomic mass is 79.9. The molecule has 4 rings (SSSR count). The Morgan fingerprint density at radius 2 is 1.88 bits per heavy atom. The van der Waals surface area contributed by atoms with Gasteiger partial charge in [-0.15, -0.1) is 0 Å². The fourth-order valence-corrected chi connectivity index (χ4v) is 3.51. The second-order valence-electron chi connectivity index (χ2n) is 5.97. The molecule has 5 nitrogen and oxygen atoms in total. The lowest BCUT2D eigenvalue weighted by molar-refractivity contribution is 0.416. The fourth-order valence-electron chi connectivity index (χ4n) is 3.15. The summed E-state index contributed by atoms with van der Waals surface area (Å²) in [7, 11) is 1.67. The molecule has 1 saturated heterocycles. The van der Waals surface area contributed by atoms with Crippen molar-refractivity contribution in [3.63, 3.8) is 0 Å². The SMILES string of the molecule is COc1ccc(Br)cc1-c1nc(N2CCNCC2)c2ccccc2n1. The molecule has 0 aliphatic carbocycles. The van der Waals surface area contributed by atoms with Crippen molar-refractivity contribution in [2.45, 2.75) is 0 Å². The Balaban J connectivity index is 1.92. The smallest absolute Gasteiger partial charge is 0.165 e.